The lowest BCUT2D eigenvalue weighted by Crippen LogP contribution is -2.41. The fourth-order valence-corrected chi connectivity index (χ4v) is 5.22. The SMILES string of the molecule is CCCC1(C(O)CC=C[C@H]2C(O)CC(=O)[C@@H]2CCc2ccc(C(=O)O)cc2)CCC1. The molecular formula is C25H34O5. The van der Waals surface area contributed by atoms with Crippen LogP contribution in [-0.4, -0.2) is 39.3 Å². The van der Waals surface area contributed by atoms with Crippen molar-refractivity contribution in [3.63, 3.8) is 0 Å². The molecule has 4 atom stereocenters. The predicted octanol–water partition coefficient (Wildman–Crippen LogP) is 4.16. The number of aliphatic hydroxyl groups excluding tert-OH is 2. The molecule has 2 unspecified atom stereocenters. The Morgan fingerprint density at radius 2 is 1.97 bits per heavy atom. The van der Waals surface area contributed by atoms with E-state index < -0.39 is 12.1 Å². The van der Waals surface area contributed by atoms with Gasteiger partial charge in [-0.3, -0.25) is 4.79 Å². The summed E-state index contributed by atoms with van der Waals surface area (Å²) in [6.45, 7) is 2.16. The van der Waals surface area contributed by atoms with Crippen LogP contribution in [0, 0.1) is 17.3 Å². The Hall–Kier alpha value is -1.98. The third-order valence-corrected chi connectivity index (χ3v) is 7.20. The molecule has 5 nitrogen and oxygen atoms in total. The lowest BCUT2D eigenvalue weighted by Gasteiger charge is -2.45. The fourth-order valence-electron chi connectivity index (χ4n) is 5.22. The molecule has 1 aromatic rings. The molecule has 30 heavy (non-hydrogen) atoms. The summed E-state index contributed by atoms with van der Waals surface area (Å²) < 4.78 is 0. The standard InChI is InChI=1S/C25H34O5/c1-2-13-25(14-4-15-25)23(28)6-3-5-19-20(22(27)16-21(19)26)12-9-17-7-10-18(11-8-17)24(29)30/h3,5,7-8,10-11,19-21,23,26,28H,2,4,6,9,12-16H2,1H3,(H,29,30)/t19-,20-,21?,23?/m1/s1. The zero-order valence-corrected chi connectivity index (χ0v) is 17.8. The summed E-state index contributed by atoms with van der Waals surface area (Å²) in [5, 5.41) is 30.1. The molecular weight excluding hydrogens is 380 g/mol. The molecule has 0 heterocycles. The summed E-state index contributed by atoms with van der Waals surface area (Å²) in [6, 6.07) is 6.72. The second-order valence-corrected chi connectivity index (χ2v) is 9.11. The number of hydrogen-bond acceptors (Lipinski definition) is 4. The highest BCUT2D eigenvalue weighted by molar-refractivity contribution is 5.87. The fraction of sp³-hybridized carbons (Fsp3) is 0.600. The second-order valence-electron chi connectivity index (χ2n) is 9.11. The molecule has 0 saturated heterocycles. The average molecular weight is 415 g/mol. The van der Waals surface area contributed by atoms with Gasteiger partial charge in [-0.2, -0.15) is 0 Å². The maximum Gasteiger partial charge on any atom is 0.335 e. The number of aryl methyl sites for hydroxylation is 1. The minimum absolute atomic E-state index is 0.0602. The van der Waals surface area contributed by atoms with Crippen LogP contribution in [0.3, 0.4) is 0 Å². The first-order chi connectivity index (χ1) is 14.4. The van der Waals surface area contributed by atoms with Gasteiger partial charge in [0, 0.05) is 18.3 Å². The highest BCUT2D eigenvalue weighted by Crippen LogP contribution is 2.48. The first-order valence-corrected chi connectivity index (χ1v) is 11.2. The molecule has 0 radical (unpaired) electrons. The van der Waals surface area contributed by atoms with E-state index in [1.54, 1.807) is 24.3 Å². The van der Waals surface area contributed by atoms with Crippen LogP contribution in [0.5, 0.6) is 0 Å². The Kier molecular flexibility index (Phi) is 7.48. The number of rotatable bonds is 10. The van der Waals surface area contributed by atoms with Gasteiger partial charge in [0.2, 0.25) is 0 Å². The summed E-state index contributed by atoms with van der Waals surface area (Å²) in [5.41, 5.74) is 1.29. The van der Waals surface area contributed by atoms with Crippen LogP contribution in [0.2, 0.25) is 0 Å². The highest BCUT2D eigenvalue weighted by Gasteiger charge is 2.42. The van der Waals surface area contributed by atoms with Gasteiger partial charge in [-0.1, -0.05) is 44.1 Å². The summed E-state index contributed by atoms with van der Waals surface area (Å²) in [4.78, 5) is 23.4. The largest absolute Gasteiger partial charge is 0.478 e. The van der Waals surface area contributed by atoms with E-state index in [4.69, 9.17) is 5.11 Å². The summed E-state index contributed by atoms with van der Waals surface area (Å²) in [6.07, 6.45) is 10.4. The van der Waals surface area contributed by atoms with E-state index in [0.717, 1.165) is 31.2 Å². The van der Waals surface area contributed by atoms with Gasteiger partial charge in [0.1, 0.15) is 5.78 Å². The van der Waals surface area contributed by atoms with Gasteiger partial charge < -0.3 is 15.3 Å². The molecule has 2 fully saturated rings. The van der Waals surface area contributed by atoms with E-state index in [1.807, 2.05) is 12.2 Å². The van der Waals surface area contributed by atoms with Gasteiger partial charge in [0.15, 0.2) is 0 Å². The molecule has 0 spiro atoms. The average Bonchev–Trinajstić information content (AvgIpc) is 2.95. The van der Waals surface area contributed by atoms with Crippen LogP contribution in [0.1, 0.15) is 74.2 Å². The zero-order chi connectivity index (χ0) is 21.7. The third-order valence-electron chi connectivity index (χ3n) is 7.20. The topological polar surface area (TPSA) is 94.8 Å². The van der Waals surface area contributed by atoms with Crippen LogP contribution in [0.15, 0.2) is 36.4 Å². The van der Waals surface area contributed by atoms with Gasteiger partial charge >= 0.3 is 5.97 Å². The number of Topliss-reactive ketones (excluding diaryl/α,β-unsaturated/α-hetero) is 1. The van der Waals surface area contributed by atoms with Crippen molar-refractivity contribution < 1.29 is 24.9 Å². The Bertz CT molecular complexity index is 762. The summed E-state index contributed by atoms with van der Waals surface area (Å²) >= 11 is 0. The number of aromatic carboxylic acids is 1. The van der Waals surface area contributed by atoms with E-state index in [-0.39, 0.29) is 41.1 Å². The van der Waals surface area contributed by atoms with Crippen LogP contribution >= 0.6 is 0 Å². The molecule has 3 rings (SSSR count). The smallest absolute Gasteiger partial charge is 0.335 e. The molecule has 0 amide bonds. The normalized spacial score (nSPS) is 26.6. The molecule has 0 bridgehead atoms. The number of carboxylic acids is 1. The van der Waals surface area contributed by atoms with Gasteiger partial charge in [-0.25, -0.2) is 4.79 Å². The molecule has 2 aliphatic rings. The van der Waals surface area contributed by atoms with Crippen molar-refractivity contribution in [3.05, 3.63) is 47.5 Å². The number of hydrogen-bond donors (Lipinski definition) is 3. The zero-order valence-electron chi connectivity index (χ0n) is 17.8. The van der Waals surface area contributed by atoms with Crippen molar-refractivity contribution in [3.8, 4) is 0 Å². The van der Waals surface area contributed by atoms with Crippen LogP contribution in [-0.2, 0) is 11.2 Å². The molecule has 164 valence electrons. The molecule has 2 saturated carbocycles. The molecule has 1 aromatic carbocycles. The van der Waals surface area contributed by atoms with E-state index in [9.17, 15) is 19.8 Å². The van der Waals surface area contributed by atoms with E-state index in [0.29, 0.717) is 19.3 Å². The molecule has 3 N–H and O–H groups in total. The van der Waals surface area contributed by atoms with Gasteiger partial charge in [-0.05, 0) is 61.6 Å². The lowest BCUT2D eigenvalue weighted by molar-refractivity contribution is -0.121. The number of carbonyl (C=O) groups is 2. The van der Waals surface area contributed by atoms with Crippen molar-refractivity contribution in [2.45, 2.75) is 76.9 Å². The first kappa shape index (κ1) is 22.7. The summed E-state index contributed by atoms with van der Waals surface area (Å²) in [5.74, 6) is -1.32. The third kappa shape index (κ3) is 5.01. The Morgan fingerprint density at radius 1 is 1.27 bits per heavy atom. The van der Waals surface area contributed by atoms with Crippen LogP contribution in [0.25, 0.3) is 0 Å². The first-order valence-electron chi connectivity index (χ1n) is 11.2. The Balaban J connectivity index is 1.58. The quantitative estimate of drug-likeness (QED) is 0.500. The highest BCUT2D eigenvalue weighted by atomic mass is 16.4. The van der Waals surface area contributed by atoms with Gasteiger partial charge in [-0.15, -0.1) is 0 Å². The van der Waals surface area contributed by atoms with E-state index in [2.05, 4.69) is 6.92 Å². The number of aliphatic hydroxyl groups is 2. The Labute approximate surface area is 178 Å². The number of carbonyl (C=O) groups excluding carboxylic acids is 1. The van der Waals surface area contributed by atoms with Crippen molar-refractivity contribution in [2.24, 2.45) is 17.3 Å². The van der Waals surface area contributed by atoms with Crippen molar-refractivity contribution in [1.29, 1.82) is 0 Å². The molecule has 0 aliphatic heterocycles. The van der Waals surface area contributed by atoms with E-state index >= 15 is 0 Å². The van der Waals surface area contributed by atoms with Crippen LogP contribution < -0.4 is 0 Å². The predicted molar refractivity (Wildman–Crippen MR) is 115 cm³/mol. The van der Waals surface area contributed by atoms with Crippen molar-refractivity contribution in [2.75, 3.05) is 0 Å². The second kappa shape index (κ2) is 9.88. The maximum atomic E-state index is 12.4. The maximum absolute atomic E-state index is 12.4. The van der Waals surface area contributed by atoms with Crippen LogP contribution in [0.4, 0.5) is 0 Å². The number of carboxylic acid groups (broad SMARTS) is 1. The Morgan fingerprint density at radius 3 is 2.53 bits per heavy atom. The number of benzene rings is 1. The van der Waals surface area contributed by atoms with Crippen molar-refractivity contribution >= 4 is 11.8 Å². The monoisotopic (exact) mass is 414 g/mol. The minimum Gasteiger partial charge on any atom is -0.478 e. The lowest BCUT2D eigenvalue weighted by atomic mass is 9.62. The minimum atomic E-state index is -0.953. The van der Waals surface area contributed by atoms with E-state index in [1.165, 1.54) is 6.42 Å². The molecule has 0 aromatic heterocycles. The van der Waals surface area contributed by atoms with Crippen molar-refractivity contribution in [1.82, 2.24) is 0 Å². The molecule has 5 heteroatoms. The molecule has 2 aliphatic carbocycles. The summed E-state index contributed by atoms with van der Waals surface area (Å²) in [7, 11) is 0. The van der Waals surface area contributed by atoms with Gasteiger partial charge in [0.25, 0.3) is 0 Å². The number of ketones is 1. The van der Waals surface area contributed by atoms with Gasteiger partial charge in [0.05, 0.1) is 17.8 Å².